The molecule has 0 aliphatic carbocycles. The van der Waals surface area contributed by atoms with Crippen LogP contribution in [0.25, 0.3) is 0 Å². The van der Waals surface area contributed by atoms with E-state index in [0.29, 0.717) is 5.92 Å². The summed E-state index contributed by atoms with van der Waals surface area (Å²) in [4.78, 5) is 0. The fourth-order valence-corrected chi connectivity index (χ4v) is 0.947. The van der Waals surface area contributed by atoms with Gasteiger partial charge in [-0.05, 0) is 18.3 Å². The summed E-state index contributed by atoms with van der Waals surface area (Å²) < 4.78 is 0. The minimum atomic E-state index is 0.207. The number of rotatable bonds is 2. The Hall–Kier alpha value is -0.520. The lowest BCUT2D eigenvalue weighted by Crippen LogP contribution is -2.15. The first-order valence-corrected chi connectivity index (χ1v) is 4.11. The fraction of sp³-hybridized carbons (Fsp3) is 0.636. The van der Waals surface area contributed by atoms with Gasteiger partial charge in [0.25, 0.3) is 0 Å². The molecule has 0 aromatic rings. The summed E-state index contributed by atoms with van der Waals surface area (Å²) in [5.74, 6) is 0.440. The van der Waals surface area contributed by atoms with E-state index in [2.05, 4.69) is 47.8 Å². The molecule has 0 aromatic heterocycles. The van der Waals surface area contributed by atoms with Gasteiger partial charge in [-0.3, -0.25) is 0 Å². The third kappa shape index (κ3) is 2.92. The quantitative estimate of drug-likeness (QED) is 0.528. The van der Waals surface area contributed by atoms with Crippen LogP contribution in [-0.4, -0.2) is 0 Å². The molecule has 0 N–H and O–H groups in total. The van der Waals surface area contributed by atoms with Crippen LogP contribution < -0.4 is 0 Å². The van der Waals surface area contributed by atoms with Crippen LogP contribution in [0.4, 0.5) is 0 Å². The van der Waals surface area contributed by atoms with E-state index >= 15 is 0 Å². The van der Waals surface area contributed by atoms with Gasteiger partial charge in [0.05, 0.1) is 0 Å². The van der Waals surface area contributed by atoms with Gasteiger partial charge in [0.1, 0.15) is 0 Å². The molecule has 0 aromatic carbocycles. The molecule has 0 rings (SSSR count). The summed E-state index contributed by atoms with van der Waals surface area (Å²) in [6, 6.07) is 0. The number of hydrogen-bond donors (Lipinski definition) is 0. The van der Waals surface area contributed by atoms with Crippen molar-refractivity contribution in [2.24, 2.45) is 11.3 Å². The Morgan fingerprint density at radius 1 is 1.18 bits per heavy atom. The molecule has 0 saturated heterocycles. The predicted molar refractivity (Wildman–Crippen MR) is 52.6 cm³/mol. The molecule has 0 aliphatic rings. The van der Waals surface area contributed by atoms with Crippen LogP contribution in [0.3, 0.4) is 0 Å². The first-order valence-electron chi connectivity index (χ1n) is 4.11. The van der Waals surface area contributed by atoms with Crippen molar-refractivity contribution in [1.29, 1.82) is 0 Å². The van der Waals surface area contributed by atoms with Gasteiger partial charge in [0.15, 0.2) is 0 Å². The van der Waals surface area contributed by atoms with Crippen molar-refractivity contribution in [2.75, 3.05) is 0 Å². The first kappa shape index (κ1) is 10.5. The van der Waals surface area contributed by atoms with Crippen molar-refractivity contribution in [3.63, 3.8) is 0 Å². The zero-order valence-corrected chi connectivity index (χ0v) is 8.49. The second kappa shape index (κ2) is 3.25. The highest BCUT2D eigenvalue weighted by Gasteiger charge is 2.20. The normalized spacial score (nSPS) is 14.3. The molecule has 1 unspecified atom stereocenters. The average Bonchev–Trinajstić information content (AvgIpc) is 1.82. The van der Waals surface area contributed by atoms with Crippen molar-refractivity contribution in [3.05, 3.63) is 24.3 Å². The summed E-state index contributed by atoms with van der Waals surface area (Å²) in [5, 5.41) is 0. The van der Waals surface area contributed by atoms with Crippen LogP contribution >= 0.6 is 0 Å². The minimum Gasteiger partial charge on any atom is -0.0995 e. The van der Waals surface area contributed by atoms with Gasteiger partial charge < -0.3 is 0 Å². The Morgan fingerprint density at radius 3 is 1.64 bits per heavy atom. The lowest BCUT2D eigenvalue weighted by Gasteiger charge is -2.27. The summed E-state index contributed by atoms with van der Waals surface area (Å²) in [7, 11) is 0. The van der Waals surface area contributed by atoms with Gasteiger partial charge in [0, 0.05) is 0 Å². The third-order valence-electron chi connectivity index (χ3n) is 2.23. The molecule has 0 aliphatic heterocycles. The molecule has 0 spiro atoms. The zero-order valence-electron chi connectivity index (χ0n) is 8.49. The van der Waals surface area contributed by atoms with Crippen LogP contribution in [0.5, 0.6) is 0 Å². The second-order valence-electron chi connectivity index (χ2n) is 4.34. The van der Waals surface area contributed by atoms with E-state index in [1.807, 2.05) is 0 Å². The van der Waals surface area contributed by atoms with E-state index in [1.54, 1.807) is 0 Å². The van der Waals surface area contributed by atoms with E-state index in [9.17, 15) is 0 Å². The maximum atomic E-state index is 4.09. The van der Waals surface area contributed by atoms with Crippen LogP contribution in [-0.2, 0) is 0 Å². The topological polar surface area (TPSA) is 0 Å². The van der Waals surface area contributed by atoms with Crippen LogP contribution in [0.1, 0.15) is 34.6 Å². The molecule has 0 heterocycles. The Balaban J connectivity index is 4.39. The van der Waals surface area contributed by atoms with Gasteiger partial charge in [-0.15, -0.1) is 0 Å². The molecule has 11 heavy (non-hydrogen) atoms. The van der Waals surface area contributed by atoms with Crippen molar-refractivity contribution in [1.82, 2.24) is 0 Å². The SMILES string of the molecule is C=C(C)C(C)C(=C)C(C)(C)C. The van der Waals surface area contributed by atoms with E-state index in [4.69, 9.17) is 0 Å². The van der Waals surface area contributed by atoms with Crippen molar-refractivity contribution < 1.29 is 0 Å². The molecule has 0 heteroatoms. The summed E-state index contributed by atoms with van der Waals surface area (Å²) >= 11 is 0. The molecule has 0 nitrogen and oxygen atoms in total. The van der Waals surface area contributed by atoms with Gasteiger partial charge in [-0.1, -0.05) is 52.0 Å². The minimum absolute atomic E-state index is 0.207. The van der Waals surface area contributed by atoms with Gasteiger partial charge in [0.2, 0.25) is 0 Å². The van der Waals surface area contributed by atoms with E-state index in [1.165, 1.54) is 11.1 Å². The maximum absolute atomic E-state index is 4.09. The largest absolute Gasteiger partial charge is 0.0995 e. The molecular weight excluding hydrogens is 132 g/mol. The smallest absolute Gasteiger partial charge is 0.00243 e. The summed E-state index contributed by atoms with van der Waals surface area (Å²) in [6.07, 6.45) is 0. The highest BCUT2D eigenvalue weighted by Crippen LogP contribution is 2.32. The molecule has 0 fully saturated rings. The van der Waals surface area contributed by atoms with E-state index < -0.39 is 0 Å². The summed E-state index contributed by atoms with van der Waals surface area (Å²) in [5.41, 5.74) is 2.67. The van der Waals surface area contributed by atoms with Gasteiger partial charge in [-0.2, -0.15) is 0 Å². The lowest BCUT2D eigenvalue weighted by atomic mass is 9.78. The second-order valence-corrected chi connectivity index (χ2v) is 4.34. The van der Waals surface area contributed by atoms with Crippen molar-refractivity contribution in [3.8, 4) is 0 Å². The molecular formula is C11H20. The third-order valence-corrected chi connectivity index (χ3v) is 2.23. The molecule has 64 valence electrons. The van der Waals surface area contributed by atoms with Crippen molar-refractivity contribution >= 4 is 0 Å². The van der Waals surface area contributed by atoms with Gasteiger partial charge >= 0.3 is 0 Å². The van der Waals surface area contributed by atoms with Crippen molar-refractivity contribution in [2.45, 2.75) is 34.6 Å². The van der Waals surface area contributed by atoms with E-state index in [-0.39, 0.29) is 5.41 Å². The standard InChI is InChI=1S/C11H20/c1-8(2)9(3)10(4)11(5,6)7/h9H,1,4H2,2-3,5-7H3. The lowest BCUT2D eigenvalue weighted by molar-refractivity contribution is 0.458. The number of hydrogen-bond acceptors (Lipinski definition) is 0. The highest BCUT2D eigenvalue weighted by molar-refractivity contribution is 5.18. The highest BCUT2D eigenvalue weighted by atomic mass is 14.2. The van der Waals surface area contributed by atoms with Crippen LogP contribution in [0.15, 0.2) is 24.3 Å². The molecule has 0 bridgehead atoms. The monoisotopic (exact) mass is 152 g/mol. The average molecular weight is 152 g/mol. The Bertz CT molecular complexity index is 167. The molecule has 1 atom stereocenters. The predicted octanol–water partition coefficient (Wildman–Crippen LogP) is 3.80. The Kier molecular flexibility index (Phi) is 3.10. The number of allylic oxidation sites excluding steroid dienone is 2. The molecule has 0 amide bonds. The van der Waals surface area contributed by atoms with Crippen LogP contribution in [0, 0.1) is 11.3 Å². The molecule has 0 saturated carbocycles. The first-order chi connectivity index (χ1) is 4.76. The fourth-order valence-electron chi connectivity index (χ4n) is 0.947. The Morgan fingerprint density at radius 2 is 1.55 bits per heavy atom. The summed E-state index contributed by atoms with van der Waals surface area (Å²) in [6.45, 7) is 18.8. The molecule has 0 radical (unpaired) electrons. The van der Waals surface area contributed by atoms with Gasteiger partial charge in [-0.25, -0.2) is 0 Å². The zero-order chi connectivity index (χ0) is 9.23. The van der Waals surface area contributed by atoms with E-state index in [0.717, 1.165) is 0 Å². The Labute approximate surface area is 71.0 Å². The van der Waals surface area contributed by atoms with Crippen LogP contribution in [0.2, 0.25) is 0 Å². The maximum Gasteiger partial charge on any atom is -0.00243 e.